The lowest BCUT2D eigenvalue weighted by Gasteiger charge is -2.35. The molecule has 1 aliphatic rings. The van der Waals surface area contributed by atoms with E-state index in [4.69, 9.17) is 4.74 Å². The topological polar surface area (TPSA) is 41.6 Å². The second-order valence-electron chi connectivity index (χ2n) is 5.89. The number of aryl methyl sites for hydroxylation is 1. The minimum absolute atomic E-state index is 0.0432. The highest BCUT2D eigenvalue weighted by Gasteiger charge is 2.25. The van der Waals surface area contributed by atoms with Crippen LogP contribution in [0.25, 0.3) is 0 Å². The number of unbranched alkanes of at least 4 members (excludes halogenated alkanes) is 1. The molecule has 1 aromatic rings. The van der Waals surface area contributed by atoms with Crippen molar-refractivity contribution in [3.8, 4) is 0 Å². The average molecular weight is 290 g/mol. The Bertz CT molecular complexity index is 448. The number of rotatable bonds is 4. The van der Waals surface area contributed by atoms with Crippen molar-refractivity contribution < 1.29 is 9.53 Å². The summed E-state index contributed by atoms with van der Waals surface area (Å²) < 4.78 is 5.65. The molecule has 4 heteroatoms. The molecule has 1 aliphatic heterocycles. The molecule has 1 saturated heterocycles. The minimum Gasteiger partial charge on any atom is -0.372 e. The number of morpholine rings is 1. The molecule has 1 fully saturated rings. The van der Waals surface area contributed by atoms with E-state index in [-0.39, 0.29) is 18.2 Å². The van der Waals surface area contributed by atoms with Crippen LogP contribution < -0.4 is 5.32 Å². The molecule has 0 spiro atoms. The lowest BCUT2D eigenvalue weighted by molar-refractivity contribution is -0.0530. The summed E-state index contributed by atoms with van der Waals surface area (Å²) >= 11 is 0. The molecule has 1 aromatic carbocycles. The number of hydrogen-bond donors (Lipinski definition) is 1. The molecule has 116 valence electrons. The van der Waals surface area contributed by atoms with Crippen molar-refractivity contribution in [3.05, 3.63) is 29.8 Å². The Hall–Kier alpha value is -1.55. The maximum atomic E-state index is 12.3. The van der Waals surface area contributed by atoms with Crippen molar-refractivity contribution in [1.29, 1.82) is 0 Å². The first kappa shape index (κ1) is 15.8. The van der Waals surface area contributed by atoms with Crippen molar-refractivity contribution in [1.82, 2.24) is 4.90 Å². The Kier molecular flexibility index (Phi) is 5.62. The second kappa shape index (κ2) is 7.46. The van der Waals surface area contributed by atoms with Gasteiger partial charge in [-0.2, -0.15) is 0 Å². The lowest BCUT2D eigenvalue weighted by Crippen LogP contribution is -2.49. The number of carbonyl (C=O) groups excluding carboxylic acids is 1. The van der Waals surface area contributed by atoms with E-state index < -0.39 is 0 Å². The molecule has 2 amide bonds. The van der Waals surface area contributed by atoms with Crippen molar-refractivity contribution in [2.45, 2.75) is 52.2 Å². The van der Waals surface area contributed by atoms with E-state index in [1.807, 2.05) is 30.9 Å². The number of urea groups is 1. The van der Waals surface area contributed by atoms with Gasteiger partial charge in [-0.1, -0.05) is 25.5 Å². The van der Waals surface area contributed by atoms with Gasteiger partial charge < -0.3 is 15.0 Å². The Morgan fingerprint density at radius 1 is 1.24 bits per heavy atom. The summed E-state index contributed by atoms with van der Waals surface area (Å²) in [5.74, 6) is 0. The van der Waals surface area contributed by atoms with Gasteiger partial charge in [-0.15, -0.1) is 0 Å². The molecule has 2 rings (SSSR count). The Labute approximate surface area is 127 Å². The van der Waals surface area contributed by atoms with Crippen molar-refractivity contribution in [2.24, 2.45) is 0 Å². The minimum atomic E-state index is -0.0432. The van der Waals surface area contributed by atoms with Crippen molar-refractivity contribution in [2.75, 3.05) is 18.4 Å². The first-order valence-electron chi connectivity index (χ1n) is 7.88. The van der Waals surface area contributed by atoms with Gasteiger partial charge in [0.15, 0.2) is 0 Å². The number of anilines is 1. The zero-order valence-corrected chi connectivity index (χ0v) is 13.3. The lowest BCUT2D eigenvalue weighted by atomic mass is 10.1. The quantitative estimate of drug-likeness (QED) is 0.919. The Balaban J connectivity index is 1.90. The summed E-state index contributed by atoms with van der Waals surface area (Å²) in [5.41, 5.74) is 2.18. The zero-order chi connectivity index (χ0) is 15.2. The van der Waals surface area contributed by atoms with Gasteiger partial charge in [0.05, 0.1) is 12.2 Å². The number of benzene rings is 1. The maximum Gasteiger partial charge on any atom is 0.322 e. The van der Waals surface area contributed by atoms with Crippen LogP contribution in [0.5, 0.6) is 0 Å². The molecule has 2 unspecified atom stereocenters. The smallest absolute Gasteiger partial charge is 0.322 e. The number of ether oxygens (including phenoxy) is 1. The molecule has 21 heavy (non-hydrogen) atoms. The largest absolute Gasteiger partial charge is 0.372 e. The van der Waals surface area contributed by atoms with Crippen LogP contribution in [-0.4, -0.2) is 36.2 Å². The standard InChI is InChI=1S/C17H26N2O2/c1-4-5-6-15-7-9-16(10-8-15)18-17(20)19-11-13(2)21-14(3)12-19/h7-10,13-14H,4-6,11-12H2,1-3H3,(H,18,20). The summed E-state index contributed by atoms with van der Waals surface area (Å²) in [6.45, 7) is 7.48. The Morgan fingerprint density at radius 2 is 1.86 bits per heavy atom. The molecule has 4 nitrogen and oxygen atoms in total. The molecule has 0 saturated carbocycles. The second-order valence-corrected chi connectivity index (χ2v) is 5.89. The van der Waals surface area contributed by atoms with E-state index in [0.717, 1.165) is 12.1 Å². The van der Waals surface area contributed by atoms with E-state index in [9.17, 15) is 4.79 Å². The van der Waals surface area contributed by atoms with Crippen LogP contribution in [0.4, 0.5) is 10.5 Å². The van der Waals surface area contributed by atoms with E-state index in [1.165, 1.54) is 18.4 Å². The van der Waals surface area contributed by atoms with Crippen LogP contribution in [-0.2, 0) is 11.2 Å². The molecule has 1 heterocycles. The normalized spacial score (nSPS) is 22.1. The highest BCUT2D eigenvalue weighted by molar-refractivity contribution is 5.89. The fraction of sp³-hybridized carbons (Fsp3) is 0.588. The maximum absolute atomic E-state index is 12.3. The average Bonchev–Trinajstić information content (AvgIpc) is 2.45. The molecule has 2 atom stereocenters. The molecule has 0 aliphatic carbocycles. The molecular weight excluding hydrogens is 264 g/mol. The fourth-order valence-corrected chi connectivity index (χ4v) is 2.68. The van der Waals surface area contributed by atoms with Crippen LogP contribution in [0.15, 0.2) is 24.3 Å². The van der Waals surface area contributed by atoms with Gasteiger partial charge in [0.2, 0.25) is 0 Å². The summed E-state index contributed by atoms with van der Waals surface area (Å²) in [5, 5.41) is 2.97. The summed E-state index contributed by atoms with van der Waals surface area (Å²) in [7, 11) is 0. The van der Waals surface area contributed by atoms with Gasteiger partial charge in [-0.25, -0.2) is 4.79 Å². The molecule has 1 N–H and O–H groups in total. The highest BCUT2D eigenvalue weighted by atomic mass is 16.5. The predicted octanol–water partition coefficient (Wildman–Crippen LogP) is 3.67. The fourth-order valence-electron chi connectivity index (χ4n) is 2.68. The van der Waals surface area contributed by atoms with Crippen LogP contribution in [0, 0.1) is 0 Å². The summed E-state index contributed by atoms with van der Waals surface area (Å²) in [6, 6.07) is 8.11. The van der Waals surface area contributed by atoms with E-state index >= 15 is 0 Å². The Morgan fingerprint density at radius 3 is 2.43 bits per heavy atom. The van der Waals surface area contributed by atoms with E-state index in [2.05, 4.69) is 24.4 Å². The molecule has 0 aromatic heterocycles. The van der Waals surface area contributed by atoms with E-state index in [0.29, 0.717) is 13.1 Å². The van der Waals surface area contributed by atoms with Crippen LogP contribution in [0.1, 0.15) is 39.2 Å². The third kappa shape index (κ3) is 4.74. The van der Waals surface area contributed by atoms with Crippen LogP contribution in [0.3, 0.4) is 0 Å². The number of nitrogens with one attached hydrogen (secondary N) is 1. The van der Waals surface area contributed by atoms with Crippen molar-refractivity contribution in [3.63, 3.8) is 0 Å². The van der Waals surface area contributed by atoms with Crippen LogP contribution >= 0.6 is 0 Å². The first-order valence-corrected chi connectivity index (χ1v) is 7.88. The van der Waals surface area contributed by atoms with Gasteiger partial charge in [0.1, 0.15) is 0 Å². The zero-order valence-electron chi connectivity index (χ0n) is 13.3. The van der Waals surface area contributed by atoms with Gasteiger partial charge in [0.25, 0.3) is 0 Å². The summed E-state index contributed by atoms with van der Waals surface area (Å²) in [4.78, 5) is 14.1. The van der Waals surface area contributed by atoms with E-state index in [1.54, 1.807) is 0 Å². The number of hydrogen-bond acceptors (Lipinski definition) is 2. The highest BCUT2D eigenvalue weighted by Crippen LogP contribution is 2.15. The summed E-state index contributed by atoms with van der Waals surface area (Å²) in [6.07, 6.45) is 3.69. The third-order valence-corrected chi connectivity index (χ3v) is 3.73. The molecular formula is C17H26N2O2. The third-order valence-electron chi connectivity index (χ3n) is 3.73. The number of nitrogens with zero attached hydrogens (tertiary/aromatic N) is 1. The first-order chi connectivity index (χ1) is 10.1. The van der Waals surface area contributed by atoms with Gasteiger partial charge in [-0.3, -0.25) is 0 Å². The predicted molar refractivity (Wildman–Crippen MR) is 85.7 cm³/mol. The monoisotopic (exact) mass is 290 g/mol. The molecule has 0 radical (unpaired) electrons. The number of carbonyl (C=O) groups is 1. The SMILES string of the molecule is CCCCc1ccc(NC(=O)N2CC(C)OC(C)C2)cc1. The van der Waals surface area contributed by atoms with Crippen LogP contribution in [0.2, 0.25) is 0 Å². The van der Waals surface area contributed by atoms with Crippen molar-refractivity contribution >= 4 is 11.7 Å². The molecule has 0 bridgehead atoms. The number of amides is 2. The van der Waals surface area contributed by atoms with Gasteiger partial charge in [-0.05, 0) is 44.4 Å². The van der Waals surface area contributed by atoms with Gasteiger partial charge in [0, 0.05) is 18.8 Å². The van der Waals surface area contributed by atoms with Gasteiger partial charge >= 0.3 is 6.03 Å².